The quantitative estimate of drug-likeness (QED) is 0.233. The summed E-state index contributed by atoms with van der Waals surface area (Å²) < 4.78 is 7.59. The minimum Gasteiger partial charge on any atom is -0.483 e. The maximum Gasteiger partial charge on any atom is 0.277 e. The molecule has 0 atom stereocenters. The summed E-state index contributed by atoms with van der Waals surface area (Å²) in [6.45, 7) is -0.275. The van der Waals surface area contributed by atoms with Crippen LogP contribution in [-0.4, -0.2) is 38.5 Å². The summed E-state index contributed by atoms with van der Waals surface area (Å²) >= 11 is 12.4. The van der Waals surface area contributed by atoms with Crippen molar-refractivity contribution >= 4 is 46.4 Å². The Kier molecular flexibility index (Phi) is 6.88. The summed E-state index contributed by atoms with van der Waals surface area (Å²) in [4.78, 5) is 21.1. The fraction of sp³-hybridized carbons (Fsp3) is 0.0385. The smallest absolute Gasteiger partial charge is 0.277 e. The molecule has 0 spiro atoms. The van der Waals surface area contributed by atoms with E-state index in [4.69, 9.17) is 27.9 Å². The van der Waals surface area contributed by atoms with Crippen LogP contribution in [0.2, 0.25) is 10.2 Å². The number of para-hydroxylation sites is 3. The largest absolute Gasteiger partial charge is 0.483 e. The third-order valence-electron chi connectivity index (χ3n) is 5.15. The topological polar surface area (TPSA) is 94.3 Å². The van der Waals surface area contributed by atoms with Gasteiger partial charge in [-0.1, -0.05) is 53.5 Å². The molecule has 1 N–H and O–H groups in total. The number of ether oxygens (including phenoxy) is 1. The van der Waals surface area contributed by atoms with E-state index in [9.17, 15) is 4.79 Å². The lowest BCUT2D eigenvalue weighted by Crippen LogP contribution is -2.24. The zero-order chi connectivity index (χ0) is 24.9. The Morgan fingerprint density at radius 3 is 2.53 bits per heavy atom. The first-order valence-corrected chi connectivity index (χ1v) is 11.6. The van der Waals surface area contributed by atoms with E-state index in [2.05, 4.69) is 25.6 Å². The molecule has 0 aliphatic heterocycles. The van der Waals surface area contributed by atoms with Crippen LogP contribution < -0.4 is 10.2 Å². The van der Waals surface area contributed by atoms with Gasteiger partial charge in [-0.05, 0) is 48.5 Å². The zero-order valence-corrected chi connectivity index (χ0v) is 20.2. The van der Waals surface area contributed by atoms with E-state index in [0.717, 1.165) is 11.4 Å². The number of hydrogen-bond donors (Lipinski definition) is 1. The van der Waals surface area contributed by atoms with Gasteiger partial charge in [0.2, 0.25) is 0 Å². The molecule has 3 aromatic carbocycles. The molecule has 2 heterocycles. The predicted octanol–water partition coefficient (Wildman–Crippen LogP) is 5.32. The highest BCUT2D eigenvalue weighted by atomic mass is 35.5. The van der Waals surface area contributed by atoms with Crippen LogP contribution in [0.5, 0.6) is 5.75 Å². The van der Waals surface area contributed by atoms with Gasteiger partial charge in [-0.25, -0.2) is 20.1 Å². The van der Waals surface area contributed by atoms with Gasteiger partial charge >= 0.3 is 0 Å². The fourth-order valence-electron chi connectivity index (χ4n) is 3.53. The lowest BCUT2D eigenvalue weighted by atomic mass is 10.1. The SMILES string of the molecule is O=C(COc1ccc(Cl)cc1-c1ccnn1-c1ccccc1)N/N=C/c1nc2ccccc2nc1Cl. The van der Waals surface area contributed by atoms with E-state index in [-0.39, 0.29) is 11.8 Å². The van der Waals surface area contributed by atoms with Crippen LogP contribution in [0, 0.1) is 0 Å². The molecule has 1 amide bonds. The van der Waals surface area contributed by atoms with Crippen LogP contribution >= 0.6 is 23.2 Å². The van der Waals surface area contributed by atoms with E-state index in [1.165, 1.54) is 6.21 Å². The van der Waals surface area contributed by atoms with Crippen molar-refractivity contribution in [2.75, 3.05) is 6.61 Å². The Balaban J connectivity index is 1.29. The molecule has 5 aromatic rings. The Labute approximate surface area is 216 Å². The van der Waals surface area contributed by atoms with Crippen molar-refractivity contribution in [1.29, 1.82) is 0 Å². The van der Waals surface area contributed by atoms with Crippen molar-refractivity contribution in [2.24, 2.45) is 5.10 Å². The highest BCUT2D eigenvalue weighted by Crippen LogP contribution is 2.33. The highest BCUT2D eigenvalue weighted by molar-refractivity contribution is 6.32. The summed E-state index contributed by atoms with van der Waals surface area (Å²) in [6.07, 6.45) is 3.03. The number of aromatic nitrogens is 4. The third kappa shape index (κ3) is 5.19. The van der Waals surface area contributed by atoms with E-state index in [1.54, 1.807) is 29.1 Å². The fourth-order valence-corrected chi connectivity index (χ4v) is 3.88. The van der Waals surface area contributed by atoms with Gasteiger partial charge in [0.15, 0.2) is 11.8 Å². The number of carbonyl (C=O) groups is 1. The van der Waals surface area contributed by atoms with Gasteiger partial charge in [-0.3, -0.25) is 4.79 Å². The first kappa shape index (κ1) is 23.5. The molecular weight excluding hydrogens is 499 g/mol. The monoisotopic (exact) mass is 516 g/mol. The molecular formula is C26H18Cl2N6O2. The predicted molar refractivity (Wildman–Crippen MR) is 140 cm³/mol. The summed E-state index contributed by atoms with van der Waals surface area (Å²) in [7, 11) is 0. The van der Waals surface area contributed by atoms with E-state index >= 15 is 0 Å². The van der Waals surface area contributed by atoms with Gasteiger partial charge < -0.3 is 4.74 Å². The highest BCUT2D eigenvalue weighted by Gasteiger charge is 2.15. The van der Waals surface area contributed by atoms with Crippen molar-refractivity contribution in [3.05, 3.63) is 101 Å². The van der Waals surface area contributed by atoms with Crippen LogP contribution in [0.15, 0.2) is 90.2 Å². The lowest BCUT2D eigenvalue weighted by Gasteiger charge is -2.13. The number of nitrogens with one attached hydrogen (secondary N) is 1. The first-order valence-electron chi connectivity index (χ1n) is 10.8. The summed E-state index contributed by atoms with van der Waals surface area (Å²) in [5, 5.41) is 9.07. The normalized spacial score (nSPS) is 11.2. The minimum atomic E-state index is -0.464. The average molecular weight is 517 g/mol. The average Bonchev–Trinajstić information content (AvgIpc) is 3.39. The van der Waals surface area contributed by atoms with E-state index in [0.29, 0.717) is 33.1 Å². The number of hydrogen-bond acceptors (Lipinski definition) is 6. The molecule has 178 valence electrons. The molecule has 10 heteroatoms. The second kappa shape index (κ2) is 10.6. The van der Waals surface area contributed by atoms with Gasteiger partial charge in [0.05, 0.1) is 34.8 Å². The maximum absolute atomic E-state index is 12.4. The van der Waals surface area contributed by atoms with Crippen LogP contribution in [-0.2, 0) is 4.79 Å². The van der Waals surface area contributed by atoms with Crippen LogP contribution in [0.25, 0.3) is 28.0 Å². The molecule has 0 aliphatic carbocycles. The first-order chi connectivity index (χ1) is 17.6. The van der Waals surface area contributed by atoms with Crippen molar-refractivity contribution in [3.63, 3.8) is 0 Å². The maximum atomic E-state index is 12.4. The number of nitrogens with zero attached hydrogens (tertiary/aromatic N) is 5. The summed E-state index contributed by atoms with van der Waals surface area (Å²) in [5.41, 5.74) is 6.43. The summed E-state index contributed by atoms with van der Waals surface area (Å²) in [5.74, 6) is 0.00763. The van der Waals surface area contributed by atoms with Crippen LogP contribution in [0.3, 0.4) is 0 Å². The third-order valence-corrected chi connectivity index (χ3v) is 5.66. The van der Waals surface area contributed by atoms with Gasteiger partial charge in [0, 0.05) is 10.6 Å². The standard InChI is InChI=1S/C26H18Cl2N6O2/c27-17-10-11-24(19(14-17)23-12-13-30-34(23)18-6-2-1-3-7-18)36-16-25(35)33-29-15-22-26(28)32-21-9-5-4-8-20(21)31-22/h1-15H,16H2,(H,33,35)/b29-15+. The molecule has 8 nitrogen and oxygen atoms in total. The molecule has 0 saturated carbocycles. The van der Waals surface area contributed by atoms with Gasteiger partial charge in [-0.2, -0.15) is 10.2 Å². The van der Waals surface area contributed by atoms with Gasteiger partial charge in [0.1, 0.15) is 11.4 Å². The van der Waals surface area contributed by atoms with Crippen molar-refractivity contribution in [2.45, 2.75) is 0 Å². The Morgan fingerprint density at radius 2 is 1.72 bits per heavy atom. The van der Waals surface area contributed by atoms with Crippen LogP contribution in [0.1, 0.15) is 5.69 Å². The molecule has 0 aliphatic rings. The number of benzene rings is 3. The van der Waals surface area contributed by atoms with Crippen molar-refractivity contribution < 1.29 is 9.53 Å². The van der Waals surface area contributed by atoms with Gasteiger partial charge in [-0.15, -0.1) is 0 Å². The zero-order valence-electron chi connectivity index (χ0n) is 18.7. The second-order valence-electron chi connectivity index (χ2n) is 7.57. The van der Waals surface area contributed by atoms with Crippen molar-refractivity contribution in [3.8, 4) is 22.7 Å². The number of fused-ring (bicyclic) bond motifs is 1. The van der Waals surface area contributed by atoms with Crippen LogP contribution in [0.4, 0.5) is 0 Å². The summed E-state index contributed by atoms with van der Waals surface area (Å²) in [6, 6.07) is 24.0. The molecule has 0 radical (unpaired) electrons. The van der Waals surface area contributed by atoms with E-state index < -0.39 is 5.91 Å². The Hall–Kier alpha value is -4.27. The number of hydrazone groups is 1. The lowest BCUT2D eigenvalue weighted by molar-refractivity contribution is -0.123. The molecule has 0 fully saturated rings. The number of rotatable bonds is 7. The van der Waals surface area contributed by atoms with Gasteiger partial charge in [0.25, 0.3) is 5.91 Å². The second-order valence-corrected chi connectivity index (χ2v) is 8.37. The van der Waals surface area contributed by atoms with E-state index in [1.807, 2.05) is 60.7 Å². The number of carbonyl (C=O) groups excluding carboxylic acids is 1. The molecule has 5 rings (SSSR count). The Bertz CT molecular complexity index is 1570. The molecule has 0 bridgehead atoms. The molecule has 2 aromatic heterocycles. The Morgan fingerprint density at radius 1 is 0.972 bits per heavy atom. The van der Waals surface area contributed by atoms with Crippen molar-refractivity contribution in [1.82, 2.24) is 25.2 Å². The number of halogens is 2. The molecule has 0 unspecified atom stereocenters. The number of amides is 1. The molecule has 36 heavy (non-hydrogen) atoms. The molecule has 0 saturated heterocycles. The minimum absolute atomic E-state index is 0.184.